The van der Waals surface area contributed by atoms with Gasteiger partial charge in [0.05, 0.1) is 17.8 Å². The van der Waals surface area contributed by atoms with Crippen molar-refractivity contribution < 1.29 is 0 Å². The lowest BCUT2D eigenvalue weighted by atomic mass is 10.0. The van der Waals surface area contributed by atoms with Crippen molar-refractivity contribution >= 4 is 23.0 Å². The minimum atomic E-state index is -0.0648. The predicted molar refractivity (Wildman–Crippen MR) is 135 cm³/mol. The van der Waals surface area contributed by atoms with Gasteiger partial charge in [0.25, 0.3) is 0 Å². The minimum Gasteiger partial charge on any atom is -0.378 e. The van der Waals surface area contributed by atoms with Gasteiger partial charge in [0.15, 0.2) is 5.11 Å². The van der Waals surface area contributed by atoms with Crippen LogP contribution in [0.25, 0.3) is 5.69 Å². The summed E-state index contributed by atoms with van der Waals surface area (Å²) < 4.78 is 2.24. The van der Waals surface area contributed by atoms with E-state index in [1.807, 2.05) is 30.6 Å². The summed E-state index contributed by atoms with van der Waals surface area (Å²) in [6.45, 7) is 0.665. The van der Waals surface area contributed by atoms with Gasteiger partial charge < -0.3 is 19.7 Å². The summed E-state index contributed by atoms with van der Waals surface area (Å²) in [7, 11) is 4.10. The monoisotopic (exact) mass is 454 g/mol. The van der Waals surface area contributed by atoms with Crippen LogP contribution in [0.15, 0.2) is 91.5 Å². The molecule has 0 unspecified atom stereocenters. The molecule has 0 spiro atoms. The van der Waals surface area contributed by atoms with Crippen LogP contribution in [-0.4, -0.2) is 38.6 Å². The quantitative estimate of drug-likeness (QED) is 0.433. The number of hydrogen-bond acceptors (Lipinski definition) is 4. The Morgan fingerprint density at radius 3 is 2.52 bits per heavy atom. The number of hydrogen-bond donors (Lipinski definition) is 1. The van der Waals surface area contributed by atoms with E-state index in [1.54, 1.807) is 6.20 Å². The number of anilines is 1. The smallest absolute Gasteiger partial charge is 0.170 e. The molecule has 3 aromatic heterocycles. The van der Waals surface area contributed by atoms with Gasteiger partial charge in [-0.05, 0) is 72.4 Å². The Bertz CT molecular complexity index is 1220. The predicted octanol–water partition coefficient (Wildman–Crippen LogP) is 4.51. The van der Waals surface area contributed by atoms with Crippen LogP contribution in [0.5, 0.6) is 0 Å². The molecule has 5 rings (SSSR count). The molecule has 0 aliphatic carbocycles. The van der Waals surface area contributed by atoms with Gasteiger partial charge in [0.1, 0.15) is 0 Å². The summed E-state index contributed by atoms with van der Waals surface area (Å²) in [5, 5.41) is 4.25. The van der Waals surface area contributed by atoms with Crippen molar-refractivity contribution in [3.05, 3.63) is 108 Å². The summed E-state index contributed by atoms with van der Waals surface area (Å²) in [5.41, 5.74) is 5.51. The highest BCUT2D eigenvalue weighted by molar-refractivity contribution is 7.80. The molecule has 0 amide bonds. The molecule has 4 aromatic rings. The number of rotatable bonds is 6. The van der Waals surface area contributed by atoms with Crippen molar-refractivity contribution in [2.45, 2.75) is 18.6 Å². The van der Waals surface area contributed by atoms with Crippen LogP contribution in [0.4, 0.5) is 5.69 Å². The van der Waals surface area contributed by atoms with E-state index in [2.05, 4.69) is 98.5 Å². The first-order valence-electron chi connectivity index (χ1n) is 10.9. The summed E-state index contributed by atoms with van der Waals surface area (Å²) >= 11 is 5.83. The van der Waals surface area contributed by atoms with Crippen LogP contribution in [-0.2, 0) is 6.54 Å². The van der Waals surface area contributed by atoms with Gasteiger partial charge in [-0.15, -0.1) is 0 Å². The SMILES string of the molecule is CN(C)c1ccc(-n2cccc2[C@@H]2[C@H](c3ccccn3)NC(=S)N2Cc2cccnc2)cc1. The molecule has 33 heavy (non-hydrogen) atoms. The molecule has 7 heteroatoms. The van der Waals surface area contributed by atoms with Crippen molar-refractivity contribution in [3.8, 4) is 5.69 Å². The molecule has 1 fully saturated rings. The zero-order chi connectivity index (χ0) is 22.8. The average Bonchev–Trinajstić information content (AvgIpc) is 3.45. The molecule has 0 bridgehead atoms. The van der Waals surface area contributed by atoms with Gasteiger partial charge in [0, 0.05) is 62.5 Å². The topological polar surface area (TPSA) is 49.2 Å². The van der Waals surface area contributed by atoms with E-state index < -0.39 is 0 Å². The number of pyridine rings is 2. The zero-order valence-electron chi connectivity index (χ0n) is 18.7. The van der Waals surface area contributed by atoms with E-state index in [9.17, 15) is 0 Å². The number of nitrogens with one attached hydrogen (secondary N) is 1. The molecular weight excluding hydrogens is 428 g/mol. The summed E-state index contributed by atoms with van der Waals surface area (Å²) in [6, 6.07) is 22.8. The molecule has 0 radical (unpaired) electrons. The number of nitrogens with zero attached hydrogens (tertiary/aromatic N) is 5. The van der Waals surface area contributed by atoms with Crippen molar-refractivity contribution in [2.75, 3.05) is 19.0 Å². The first-order chi connectivity index (χ1) is 16.1. The second-order valence-corrected chi connectivity index (χ2v) is 8.72. The van der Waals surface area contributed by atoms with Crippen LogP contribution >= 0.6 is 12.2 Å². The second kappa shape index (κ2) is 9.03. The van der Waals surface area contributed by atoms with Crippen molar-refractivity contribution in [1.82, 2.24) is 24.8 Å². The maximum atomic E-state index is 5.83. The molecule has 6 nitrogen and oxygen atoms in total. The van der Waals surface area contributed by atoms with Crippen LogP contribution in [0.3, 0.4) is 0 Å². The molecule has 2 atom stereocenters. The highest BCUT2D eigenvalue weighted by Gasteiger charge is 2.41. The largest absolute Gasteiger partial charge is 0.378 e. The number of benzene rings is 1. The molecule has 0 saturated carbocycles. The fourth-order valence-electron chi connectivity index (χ4n) is 4.37. The van der Waals surface area contributed by atoms with Crippen LogP contribution in [0.1, 0.15) is 29.0 Å². The van der Waals surface area contributed by atoms with E-state index in [-0.39, 0.29) is 12.1 Å². The summed E-state index contributed by atoms with van der Waals surface area (Å²) in [6.07, 6.45) is 7.63. The molecule has 1 aliphatic heterocycles. The van der Waals surface area contributed by atoms with E-state index >= 15 is 0 Å². The van der Waals surface area contributed by atoms with E-state index in [1.165, 1.54) is 5.69 Å². The van der Waals surface area contributed by atoms with E-state index in [0.717, 1.165) is 27.8 Å². The normalized spacial score (nSPS) is 17.8. The van der Waals surface area contributed by atoms with E-state index in [0.29, 0.717) is 6.54 Å². The summed E-state index contributed by atoms with van der Waals surface area (Å²) in [4.78, 5) is 13.3. The molecule has 1 aromatic carbocycles. The van der Waals surface area contributed by atoms with Gasteiger partial charge in [0.2, 0.25) is 0 Å². The van der Waals surface area contributed by atoms with Gasteiger partial charge in [-0.25, -0.2) is 0 Å². The Kier molecular flexibility index (Phi) is 5.79. The Balaban J connectivity index is 1.57. The Morgan fingerprint density at radius 1 is 0.970 bits per heavy atom. The first kappa shape index (κ1) is 21.2. The lowest BCUT2D eigenvalue weighted by Gasteiger charge is -2.29. The summed E-state index contributed by atoms with van der Waals surface area (Å²) in [5.74, 6) is 0. The van der Waals surface area contributed by atoms with Gasteiger partial charge in [-0.3, -0.25) is 9.97 Å². The second-order valence-electron chi connectivity index (χ2n) is 8.33. The van der Waals surface area contributed by atoms with Crippen LogP contribution in [0.2, 0.25) is 0 Å². The Morgan fingerprint density at radius 2 is 1.82 bits per heavy atom. The fourth-order valence-corrected chi connectivity index (χ4v) is 4.67. The standard InChI is InChI=1S/C26H26N6S/c1-30(2)20-10-12-21(13-11-20)31-16-6-9-23(31)25-24(22-8-3-4-15-28-22)29-26(33)32(25)18-19-7-5-14-27-17-19/h3-17,24-25H,18H2,1-2H3,(H,29,33)/t24-,25+/m0/s1. The molecule has 1 saturated heterocycles. The van der Waals surface area contributed by atoms with E-state index in [4.69, 9.17) is 12.2 Å². The first-order valence-corrected chi connectivity index (χ1v) is 11.3. The van der Waals surface area contributed by atoms with Gasteiger partial charge in [-0.2, -0.15) is 0 Å². The van der Waals surface area contributed by atoms with Crippen LogP contribution in [0, 0.1) is 0 Å². The maximum Gasteiger partial charge on any atom is 0.170 e. The highest BCUT2D eigenvalue weighted by atomic mass is 32.1. The molecular formula is C26H26N6S. The van der Waals surface area contributed by atoms with Gasteiger partial charge >= 0.3 is 0 Å². The van der Waals surface area contributed by atoms with Crippen molar-refractivity contribution in [3.63, 3.8) is 0 Å². The lowest BCUT2D eigenvalue weighted by Crippen LogP contribution is -2.30. The van der Waals surface area contributed by atoms with Crippen molar-refractivity contribution in [1.29, 1.82) is 0 Å². The zero-order valence-corrected chi connectivity index (χ0v) is 19.5. The van der Waals surface area contributed by atoms with Crippen molar-refractivity contribution in [2.24, 2.45) is 0 Å². The Labute approximate surface area is 199 Å². The maximum absolute atomic E-state index is 5.83. The molecule has 166 valence electrons. The molecule has 4 heterocycles. The third-order valence-corrected chi connectivity index (χ3v) is 6.35. The Hall–Kier alpha value is -3.71. The fraction of sp³-hybridized carbons (Fsp3) is 0.192. The number of aromatic nitrogens is 3. The lowest BCUT2D eigenvalue weighted by molar-refractivity contribution is 0.302. The number of thiocarbonyl (C=S) groups is 1. The van der Waals surface area contributed by atoms with Gasteiger partial charge in [-0.1, -0.05) is 12.1 Å². The molecule has 1 aliphatic rings. The van der Waals surface area contributed by atoms with Crippen LogP contribution < -0.4 is 10.2 Å². The minimum absolute atomic E-state index is 0.0314. The third kappa shape index (κ3) is 4.19. The highest BCUT2D eigenvalue weighted by Crippen LogP contribution is 2.40. The average molecular weight is 455 g/mol. The third-order valence-electron chi connectivity index (χ3n) is 6.00. The molecule has 1 N–H and O–H groups in total.